The van der Waals surface area contributed by atoms with Crippen LogP contribution >= 0.6 is 23.2 Å². The number of rotatable bonds is 5. The summed E-state index contributed by atoms with van der Waals surface area (Å²) >= 11 is 12.0. The maximum atomic E-state index is 12.7. The monoisotopic (exact) mass is 443 g/mol. The molecule has 2 aromatic carbocycles. The summed E-state index contributed by atoms with van der Waals surface area (Å²) in [6.45, 7) is 0. The number of hydrogen-bond acceptors (Lipinski definition) is 6. The molecule has 0 aliphatic carbocycles. The summed E-state index contributed by atoms with van der Waals surface area (Å²) < 4.78 is 38.0. The lowest BCUT2D eigenvalue weighted by molar-refractivity contribution is -0.383. The Labute approximate surface area is 171 Å². The average molecular weight is 444 g/mol. The van der Waals surface area contributed by atoms with Crippen LogP contribution < -0.4 is 10.6 Å². The van der Waals surface area contributed by atoms with E-state index in [4.69, 9.17) is 23.2 Å². The molecule has 0 saturated heterocycles. The zero-order valence-corrected chi connectivity index (χ0v) is 15.7. The van der Waals surface area contributed by atoms with Gasteiger partial charge in [0.2, 0.25) is 11.6 Å². The smallest absolute Gasteiger partial charge is 0.334 e. The number of aromatic nitrogens is 2. The molecule has 7 nitrogen and oxygen atoms in total. The highest BCUT2D eigenvalue weighted by Gasteiger charge is 2.30. The summed E-state index contributed by atoms with van der Waals surface area (Å²) in [5, 5.41) is 17.5. The van der Waals surface area contributed by atoms with Gasteiger partial charge in [0, 0.05) is 10.7 Å². The van der Waals surface area contributed by atoms with Crippen LogP contribution in [-0.4, -0.2) is 14.9 Å². The highest BCUT2D eigenvalue weighted by molar-refractivity contribution is 6.35. The van der Waals surface area contributed by atoms with Gasteiger partial charge in [0.05, 0.1) is 21.2 Å². The topological polar surface area (TPSA) is 93.0 Å². The predicted molar refractivity (Wildman–Crippen MR) is 103 cm³/mol. The molecule has 0 fully saturated rings. The van der Waals surface area contributed by atoms with E-state index in [1.807, 2.05) is 0 Å². The molecule has 0 aliphatic heterocycles. The number of nitrogens with zero attached hydrogens (tertiary/aromatic N) is 3. The van der Waals surface area contributed by atoms with Gasteiger partial charge in [-0.25, -0.2) is 9.97 Å². The van der Waals surface area contributed by atoms with Gasteiger partial charge < -0.3 is 10.6 Å². The van der Waals surface area contributed by atoms with Gasteiger partial charge >= 0.3 is 11.9 Å². The van der Waals surface area contributed by atoms with E-state index < -0.39 is 22.4 Å². The molecule has 12 heteroatoms. The molecule has 3 rings (SSSR count). The Hall–Kier alpha value is -3.11. The number of halogens is 5. The van der Waals surface area contributed by atoms with Gasteiger partial charge in [-0.05, 0) is 42.5 Å². The second-order valence-corrected chi connectivity index (χ2v) is 6.47. The van der Waals surface area contributed by atoms with Crippen molar-refractivity contribution in [2.75, 3.05) is 10.6 Å². The van der Waals surface area contributed by atoms with E-state index in [-0.39, 0.29) is 28.0 Å². The Kier molecular flexibility index (Phi) is 5.76. The second-order valence-electron chi connectivity index (χ2n) is 5.63. The number of anilines is 4. The minimum absolute atomic E-state index is 0.173. The summed E-state index contributed by atoms with van der Waals surface area (Å²) in [6.07, 6.45) is -3.44. The first-order chi connectivity index (χ1) is 13.6. The highest BCUT2D eigenvalue weighted by Crippen LogP contribution is 2.36. The van der Waals surface area contributed by atoms with E-state index in [1.165, 1.54) is 12.1 Å². The Morgan fingerprint density at radius 2 is 1.59 bits per heavy atom. The van der Waals surface area contributed by atoms with E-state index in [1.54, 1.807) is 6.07 Å². The highest BCUT2D eigenvalue weighted by atomic mass is 35.5. The maximum absolute atomic E-state index is 12.7. The van der Waals surface area contributed by atoms with Crippen LogP contribution in [0, 0.1) is 10.1 Å². The fourth-order valence-corrected chi connectivity index (χ4v) is 2.67. The third-order valence-electron chi connectivity index (χ3n) is 3.66. The molecule has 0 amide bonds. The molecule has 0 aliphatic rings. The number of benzene rings is 2. The minimum Gasteiger partial charge on any atom is -0.334 e. The Bertz CT molecular complexity index is 1060. The third-order valence-corrected chi connectivity index (χ3v) is 4.23. The normalized spacial score (nSPS) is 11.2. The van der Waals surface area contributed by atoms with Crippen molar-refractivity contribution in [3.8, 4) is 0 Å². The van der Waals surface area contributed by atoms with E-state index in [9.17, 15) is 23.3 Å². The van der Waals surface area contributed by atoms with Crippen LogP contribution in [-0.2, 0) is 6.18 Å². The first kappa shape index (κ1) is 20.6. The molecule has 1 aromatic heterocycles. The molecule has 0 saturated carbocycles. The molecular weight excluding hydrogens is 434 g/mol. The van der Waals surface area contributed by atoms with Crippen LogP contribution in [0.4, 0.5) is 41.9 Å². The van der Waals surface area contributed by atoms with Gasteiger partial charge in [-0.3, -0.25) is 10.1 Å². The van der Waals surface area contributed by atoms with Gasteiger partial charge in [0.25, 0.3) is 0 Å². The molecule has 0 spiro atoms. The molecule has 0 radical (unpaired) electrons. The lowest BCUT2D eigenvalue weighted by atomic mass is 10.2. The van der Waals surface area contributed by atoms with Gasteiger partial charge in [-0.1, -0.05) is 23.2 Å². The molecule has 1 heterocycles. The summed E-state index contributed by atoms with van der Waals surface area (Å²) in [6, 6.07) is 8.46. The molecule has 29 heavy (non-hydrogen) atoms. The first-order valence-corrected chi connectivity index (χ1v) is 8.56. The number of hydrogen-bond donors (Lipinski definition) is 2. The van der Waals surface area contributed by atoms with E-state index in [0.29, 0.717) is 5.02 Å². The van der Waals surface area contributed by atoms with Crippen LogP contribution in [0.15, 0.2) is 48.8 Å². The van der Waals surface area contributed by atoms with Crippen molar-refractivity contribution in [3.63, 3.8) is 0 Å². The molecule has 3 aromatic rings. The lowest BCUT2D eigenvalue weighted by Gasteiger charge is -2.12. The standard InChI is InChI=1S/C17H10Cl2F3N5O2/c18-10-3-6-12(19)13(7-10)26-16-14(27(28)29)15(23-8-24-16)25-11-4-1-9(2-5-11)17(20,21)22/h1-8H,(H2,23,24,25,26). The summed E-state index contributed by atoms with van der Waals surface area (Å²) in [4.78, 5) is 18.6. The molecule has 0 bridgehead atoms. The lowest BCUT2D eigenvalue weighted by Crippen LogP contribution is -2.07. The Morgan fingerprint density at radius 3 is 2.17 bits per heavy atom. The molecular formula is C17H10Cl2F3N5O2. The molecule has 0 atom stereocenters. The van der Waals surface area contributed by atoms with Crippen molar-refractivity contribution in [3.05, 3.63) is 74.5 Å². The van der Waals surface area contributed by atoms with Crippen molar-refractivity contribution < 1.29 is 18.1 Å². The quantitative estimate of drug-likeness (QED) is 0.360. The van der Waals surface area contributed by atoms with Gasteiger partial charge in [0.15, 0.2) is 0 Å². The van der Waals surface area contributed by atoms with Crippen molar-refractivity contribution in [2.24, 2.45) is 0 Å². The van der Waals surface area contributed by atoms with E-state index >= 15 is 0 Å². The zero-order valence-electron chi connectivity index (χ0n) is 14.2. The van der Waals surface area contributed by atoms with Crippen LogP contribution in [0.5, 0.6) is 0 Å². The number of nitro groups is 1. The fraction of sp³-hybridized carbons (Fsp3) is 0.0588. The van der Waals surface area contributed by atoms with E-state index in [0.717, 1.165) is 30.6 Å². The first-order valence-electron chi connectivity index (χ1n) is 7.81. The Morgan fingerprint density at radius 1 is 0.966 bits per heavy atom. The second kappa shape index (κ2) is 8.10. The third kappa shape index (κ3) is 4.84. The average Bonchev–Trinajstić information content (AvgIpc) is 2.64. The largest absolute Gasteiger partial charge is 0.416 e. The van der Waals surface area contributed by atoms with Gasteiger partial charge in [-0.2, -0.15) is 13.2 Å². The van der Waals surface area contributed by atoms with Gasteiger partial charge in [0.1, 0.15) is 6.33 Å². The van der Waals surface area contributed by atoms with E-state index in [2.05, 4.69) is 20.6 Å². The van der Waals surface area contributed by atoms with Crippen molar-refractivity contribution >= 4 is 51.9 Å². The number of alkyl halides is 3. The fourth-order valence-electron chi connectivity index (χ4n) is 2.33. The van der Waals surface area contributed by atoms with Crippen molar-refractivity contribution in [1.29, 1.82) is 0 Å². The molecule has 2 N–H and O–H groups in total. The summed E-state index contributed by atoms with van der Waals surface area (Å²) in [7, 11) is 0. The van der Waals surface area contributed by atoms with Crippen LogP contribution in [0.1, 0.15) is 5.56 Å². The zero-order chi connectivity index (χ0) is 21.2. The maximum Gasteiger partial charge on any atom is 0.416 e. The molecule has 0 unspecified atom stereocenters. The summed E-state index contributed by atoms with van der Waals surface area (Å²) in [5.41, 5.74) is -0.922. The minimum atomic E-state index is -4.49. The number of nitrogens with one attached hydrogen (secondary N) is 2. The Balaban J connectivity index is 1.95. The summed E-state index contributed by atoms with van der Waals surface area (Å²) in [5.74, 6) is -0.394. The van der Waals surface area contributed by atoms with Crippen LogP contribution in [0.25, 0.3) is 0 Å². The van der Waals surface area contributed by atoms with Crippen molar-refractivity contribution in [2.45, 2.75) is 6.18 Å². The van der Waals surface area contributed by atoms with Crippen LogP contribution in [0.3, 0.4) is 0 Å². The predicted octanol–water partition coefficient (Wildman–Crippen LogP) is 6.20. The van der Waals surface area contributed by atoms with Gasteiger partial charge in [-0.15, -0.1) is 0 Å². The van der Waals surface area contributed by atoms with Crippen molar-refractivity contribution in [1.82, 2.24) is 9.97 Å². The SMILES string of the molecule is O=[N+]([O-])c1c(Nc2ccc(C(F)(F)F)cc2)ncnc1Nc1cc(Cl)ccc1Cl. The van der Waals surface area contributed by atoms with Crippen LogP contribution in [0.2, 0.25) is 10.0 Å². The molecule has 150 valence electrons.